The fourth-order valence-corrected chi connectivity index (χ4v) is 1.39. The fraction of sp³-hybridized carbons (Fsp3) is 0.909. The lowest BCUT2D eigenvalue weighted by molar-refractivity contribution is 0.223. The van der Waals surface area contributed by atoms with E-state index in [2.05, 4.69) is 36.4 Å². The monoisotopic (exact) mass is 213 g/mol. The lowest BCUT2D eigenvalue weighted by Gasteiger charge is -2.27. The molecule has 0 spiro atoms. The Morgan fingerprint density at radius 1 is 1.47 bits per heavy atom. The van der Waals surface area contributed by atoms with Gasteiger partial charge in [0.05, 0.1) is 0 Å². The summed E-state index contributed by atoms with van der Waals surface area (Å²) in [5.74, 6) is 0. The van der Waals surface area contributed by atoms with Gasteiger partial charge in [0.15, 0.2) is 0 Å². The molecule has 4 heteroatoms. The van der Waals surface area contributed by atoms with Crippen LogP contribution < -0.4 is 10.6 Å². The molecule has 4 nitrogen and oxygen atoms in total. The van der Waals surface area contributed by atoms with E-state index in [1.165, 1.54) is 6.42 Å². The van der Waals surface area contributed by atoms with E-state index in [0.717, 1.165) is 19.4 Å². The molecule has 0 radical (unpaired) electrons. The molecule has 2 N–H and O–H groups in total. The topological polar surface area (TPSA) is 44.4 Å². The van der Waals surface area contributed by atoms with E-state index >= 15 is 0 Å². The van der Waals surface area contributed by atoms with Gasteiger partial charge in [-0.1, -0.05) is 0 Å². The van der Waals surface area contributed by atoms with Crippen molar-refractivity contribution in [3.63, 3.8) is 0 Å². The Morgan fingerprint density at radius 3 is 2.60 bits per heavy atom. The van der Waals surface area contributed by atoms with Crippen LogP contribution in [0.15, 0.2) is 0 Å². The summed E-state index contributed by atoms with van der Waals surface area (Å²) in [7, 11) is 2.07. The summed E-state index contributed by atoms with van der Waals surface area (Å²) in [5, 5.41) is 5.83. The summed E-state index contributed by atoms with van der Waals surface area (Å²) in [6.45, 7) is 5.91. The quantitative estimate of drug-likeness (QED) is 0.720. The number of rotatable bonds is 5. The smallest absolute Gasteiger partial charge is 0.315 e. The molecule has 1 rings (SSSR count). The maximum absolute atomic E-state index is 11.4. The predicted molar refractivity (Wildman–Crippen MR) is 61.9 cm³/mol. The predicted octanol–water partition coefficient (Wildman–Crippen LogP) is 1.18. The van der Waals surface area contributed by atoms with Gasteiger partial charge in [-0.15, -0.1) is 0 Å². The third-order valence-electron chi connectivity index (χ3n) is 3.07. The van der Waals surface area contributed by atoms with E-state index < -0.39 is 0 Å². The minimum atomic E-state index is -0.0168. The first-order valence-corrected chi connectivity index (χ1v) is 5.84. The van der Waals surface area contributed by atoms with Gasteiger partial charge in [-0.2, -0.15) is 0 Å². The highest BCUT2D eigenvalue weighted by molar-refractivity contribution is 5.74. The van der Waals surface area contributed by atoms with Crippen molar-refractivity contribution in [1.82, 2.24) is 15.5 Å². The van der Waals surface area contributed by atoms with E-state index in [1.807, 2.05) is 0 Å². The van der Waals surface area contributed by atoms with Gasteiger partial charge in [-0.05, 0) is 40.2 Å². The average Bonchev–Trinajstić information content (AvgIpc) is 2.11. The summed E-state index contributed by atoms with van der Waals surface area (Å²) in [6, 6.07) is 0.936. The molecule has 15 heavy (non-hydrogen) atoms. The number of hydrogen-bond acceptors (Lipinski definition) is 2. The van der Waals surface area contributed by atoms with Crippen molar-refractivity contribution in [2.24, 2.45) is 0 Å². The second kappa shape index (κ2) is 5.95. The van der Waals surface area contributed by atoms with Crippen LogP contribution in [0.25, 0.3) is 0 Å². The molecule has 0 aromatic carbocycles. The van der Waals surface area contributed by atoms with Gasteiger partial charge < -0.3 is 15.5 Å². The zero-order valence-corrected chi connectivity index (χ0v) is 10.0. The second-order valence-corrected chi connectivity index (χ2v) is 4.60. The lowest BCUT2D eigenvalue weighted by atomic mass is 9.93. The van der Waals surface area contributed by atoms with Crippen LogP contribution in [0.1, 0.15) is 33.1 Å². The molecular formula is C11H23N3O. The maximum Gasteiger partial charge on any atom is 0.315 e. The highest BCUT2D eigenvalue weighted by Crippen LogP contribution is 2.17. The van der Waals surface area contributed by atoms with E-state index in [4.69, 9.17) is 0 Å². The number of likely N-dealkylation sites (N-methyl/N-ethyl adjacent to an activating group) is 1. The van der Waals surface area contributed by atoms with Crippen molar-refractivity contribution in [3.05, 3.63) is 0 Å². The number of nitrogens with zero attached hydrogens (tertiary/aromatic N) is 1. The first-order chi connectivity index (χ1) is 7.09. The first kappa shape index (κ1) is 12.3. The van der Waals surface area contributed by atoms with Gasteiger partial charge in [0.2, 0.25) is 0 Å². The van der Waals surface area contributed by atoms with Crippen molar-refractivity contribution < 1.29 is 4.79 Å². The number of nitrogens with one attached hydrogen (secondary N) is 2. The van der Waals surface area contributed by atoms with Crippen LogP contribution in [-0.4, -0.2) is 43.2 Å². The molecule has 0 unspecified atom stereocenters. The Kier molecular flexibility index (Phi) is 4.88. The maximum atomic E-state index is 11.4. The SMILES string of the molecule is CC(C)N(C)CCNC(=O)NC1CCC1. The van der Waals surface area contributed by atoms with Gasteiger partial charge in [-0.25, -0.2) is 4.79 Å². The van der Waals surface area contributed by atoms with Crippen molar-refractivity contribution >= 4 is 6.03 Å². The summed E-state index contributed by atoms with van der Waals surface area (Å²) in [4.78, 5) is 13.6. The summed E-state index contributed by atoms with van der Waals surface area (Å²) in [6.07, 6.45) is 3.53. The van der Waals surface area contributed by atoms with Crippen molar-refractivity contribution in [3.8, 4) is 0 Å². The molecule has 0 atom stereocenters. The van der Waals surface area contributed by atoms with Crippen LogP contribution in [0, 0.1) is 0 Å². The molecule has 0 bridgehead atoms. The standard InChI is InChI=1S/C11H23N3O/c1-9(2)14(3)8-7-12-11(15)13-10-5-4-6-10/h9-10H,4-8H2,1-3H3,(H2,12,13,15). The fourth-order valence-electron chi connectivity index (χ4n) is 1.39. The summed E-state index contributed by atoms with van der Waals surface area (Å²) < 4.78 is 0. The molecule has 0 saturated heterocycles. The molecule has 0 aromatic rings. The lowest BCUT2D eigenvalue weighted by Crippen LogP contribution is -2.47. The van der Waals surface area contributed by atoms with Crippen LogP contribution in [-0.2, 0) is 0 Å². The number of carbonyl (C=O) groups excluding carboxylic acids is 1. The molecule has 1 aliphatic rings. The number of amides is 2. The Balaban J connectivity index is 2.01. The van der Waals surface area contributed by atoms with E-state index in [-0.39, 0.29) is 6.03 Å². The first-order valence-electron chi connectivity index (χ1n) is 5.84. The molecule has 0 aliphatic heterocycles. The van der Waals surface area contributed by atoms with Crippen LogP contribution >= 0.6 is 0 Å². The third kappa shape index (κ3) is 4.51. The van der Waals surface area contributed by atoms with Gasteiger partial charge in [0, 0.05) is 25.2 Å². The Morgan fingerprint density at radius 2 is 2.13 bits per heavy atom. The summed E-state index contributed by atoms with van der Waals surface area (Å²) in [5.41, 5.74) is 0. The van der Waals surface area contributed by atoms with E-state index in [1.54, 1.807) is 0 Å². The Bertz CT molecular complexity index is 202. The van der Waals surface area contributed by atoms with Gasteiger partial charge in [0.25, 0.3) is 0 Å². The highest BCUT2D eigenvalue weighted by atomic mass is 16.2. The second-order valence-electron chi connectivity index (χ2n) is 4.60. The largest absolute Gasteiger partial charge is 0.337 e. The number of carbonyl (C=O) groups is 1. The zero-order chi connectivity index (χ0) is 11.3. The average molecular weight is 213 g/mol. The molecule has 88 valence electrons. The van der Waals surface area contributed by atoms with Gasteiger partial charge >= 0.3 is 6.03 Å². The Labute approximate surface area is 92.4 Å². The Hall–Kier alpha value is -0.770. The van der Waals surface area contributed by atoms with Crippen LogP contribution in [0.4, 0.5) is 4.79 Å². The third-order valence-corrected chi connectivity index (χ3v) is 3.07. The minimum Gasteiger partial charge on any atom is -0.337 e. The zero-order valence-electron chi connectivity index (χ0n) is 10.0. The number of urea groups is 1. The van der Waals surface area contributed by atoms with Crippen molar-refractivity contribution in [2.75, 3.05) is 20.1 Å². The van der Waals surface area contributed by atoms with Crippen LogP contribution in [0.3, 0.4) is 0 Å². The molecule has 1 aliphatic carbocycles. The molecule has 0 heterocycles. The van der Waals surface area contributed by atoms with Gasteiger partial charge in [0.1, 0.15) is 0 Å². The molecule has 2 amide bonds. The van der Waals surface area contributed by atoms with Crippen LogP contribution in [0.2, 0.25) is 0 Å². The van der Waals surface area contributed by atoms with Gasteiger partial charge in [-0.3, -0.25) is 0 Å². The molecule has 0 aromatic heterocycles. The highest BCUT2D eigenvalue weighted by Gasteiger charge is 2.18. The minimum absolute atomic E-state index is 0.0168. The van der Waals surface area contributed by atoms with Crippen LogP contribution in [0.5, 0.6) is 0 Å². The van der Waals surface area contributed by atoms with E-state index in [9.17, 15) is 4.79 Å². The summed E-state index contributed by atoms with van der Waals surface area (Å²) >= 11 is 0. The van der Waals surface area contributed by atoms with Crippen molar-refractivity contribution in [1.29, 1.82) is 0 Å². The normalized spacial score (nSPS) is 16.6. The van der Waals surface area contributed by atoms with Crippen molar-refractivity contribution in [2.45, 2.75) is 45.2 Å². The van der Waals surface area contributed by atoms with E-state index in [0.29, 0.717) is 18.6 Å². The molecular weight excluding hydrogens is 190 g/mol. The molecule has 1 fully saturated rings. The number of hydrogen-bond donors (Lipinski definition) is 2. The molecule has 1 saturated carbocycles.